The molecule has 106 valence electrons. The molecule has 1 aromatic carbocycles. The van der Waals surface area contributed by atoms with E-state index in [4.69, 9.17) is 23.2 Å². The van der Waals surface area contributed by atoms with Crippen molar-refractivity contribution in [2.24, 2.45) is 0 Å². The molecule has 0 spiro atoms. The molecule has 2 N–H and O–H groups in total. The van der Waals surface area contributed by atoms with Crippen LogP contribution in [0.4, 0.5) is 5.95 Å². The van der Waals surface area contributed by atoms with E-state index in [2.05, 4.69) is 20.8 Å². The molecule has 20 heavy (non-hydrogen) atoms. The molecule has 0 atom stereocenters. The predicted octanol–water partition coefficient (Wildman–Crippen LogP) is 2.18. The number of aryl methyl sites for hydroxylation is 1. The summed E-state index contributed by atoms with van der Waals surface area (Å²) in [4.78, 5) is 20.2. The molecule has 1 heterocycles. The Balaban J connectivity index is 2.56. The third-order valence-corrected chi connectivity index (χ3v) is 3.13. The Kier molecular flexibility index (Phi) is 4.59. The lowest BCUT2D eigenvalue weighted by Crippen LogP contribution is -2.30. The summed E-state index contributed by atoms with van der Waals surface area (Å²) in [6.07, 6.45) is 0. The number of nitrogens with one attached hydrogen (secondary N) is 2. The number of para-hydroxylation sites is 1. The molecule has 8 heteroatoms. The highest BCUT2D eigenvalue weighted by Crippen LogP contribution is 2.27. The van der Waals surface area contributed by atoms with Crippen LogP contribution in [0.5, 0.6) is 0 Å². The summed E-state index contributed by atoms with van der Waals surface area (Å²) in [5.74, 6) is 0.633. The molecule has 0 aliphatic carbocycles. The van der Waals surface area contributed by atoms with Crippen LogP contribution < -0.4 is 16.5 Å². The van der Waals surface area contributed by atoms with E-state index in [1.54, 1.807) is 25.1 Å². The number of anilines is 1. The number of rotatable bonds is 4. The zero-order valence-electron chi connectivity index (χ0n) is 10.9. The first-order valence-electron chi connectivity index (χ1n) is 5.95. The lowest BCUT2D eigenvalue weighted by Gasteiger charge is -2.13. The Morgan fingerprint density at radius 1 is 1.25 bits per heavy atom. The molecule has 0 aliphatic rings. The Hall–Kier alpha value is -1.63. The second-order valence-electron chi connectivity index (χ2n) is 3.94. The standard InChI is InChI=1S/C12H13Cl2N5O/c1-3-15-18-11-16-7(2)19(12(20)17-11)10-8(13)5-4-6-9(10)14/h4-6,15H,3H2,1-2H3,(H,17,18,20). The van der Waals surface area contributed by atoms with Crippen molar-refractivity contribution in [1.29, 1.82) is 0 Å². The smallest absolute Gasteiger partial charge is 0.289 e. The van der Waals surface area contributed by atoms with E-state index in [9.17, 15) is 4.79 Å². The number of hydrogen-bond acceptors (Lipinski definition) is 5. The number of nitrogens with zero attached hydrogens (tertiary/aromatic N) is 3. The van der Waals surface area contributed by atoms with E-state index in [1.165, 1.54) is 4.57 Å². The zero-order chi connectivity index (χ0) is 14.7. The van der Waals surface area contributed by atoms with Gasteiger partial charge in [-0.05, 0) is 19.1 Å². The quantitative estimate of drug-likeness (QED) is 0.846. The van der Waals surface area contributed by atoms with Crippen LogP contribution in [0.1, 0.15) is 12.7 Å². The molecule has 0 unspecified atom stereocenters. The summed E-state index contributed by atoms with van der Waals surface area (Å²) in [7, 11) is 0. The van der Waals surface area contributed by atoms with Crippen LogP contribution in [0.15, 0.2) is 23.0 Å². The molecule has 0 aliphatic heterocycles. The molecular weight excluding hydrogens is 301 g/mol. The fourth-order valence-electron chi connectivity index (χ4n) is 1.69. The maximum absolute atomic E-state index is 12.2. The van der Waals surface area contributed by atoms with E-state index >= 15 is 0 Å². The van der Waals surface area contributed by atoms with Gasteiger partial charge in [-0.25, -0.2) is 14.8 Å². The van der Waals surface area contributed by atoms with E-state index in [0.717, 1.165) is 0 Å². The molecule has 0 saturated heterocycles. The Morgan fingerprint density at radius 3 is 2.45 bits per heavy atom. The van der Waals surface area contributed by atoms with Crippen molar-refractivity contribution in [3.63, 3.8) is 0 Å². The summed E-state index contributed by atoms with van der Waals surface area (Å²) in [5.41, 5.74) is 5.43. The fraction of sp³-hybridized carbons (Fsp3) is 0.250. The number of hydrazine groups is 1. The van der Waals surface area contributed by atoms with Crippen LogP contribution in [0.3, 0.4) is 0 Å². The van der Waals surface area contributed by atoms with Crippen molar-refractivity contribution in [3.05, 3.63) is 44.6 Å². The van der Waals surface area contributed by atoms with Crippen molar-refractivity contribution in [3.8, 4) is 5.69 Å². The van der Waals surface area contributed by atoms with Crippen LogP contribution in [0, 0.1) is 6.92 Å². The van der Waals surface area contributed by atoms with Crippen LogP contribution in [0.25, 0.3) is 5.69 Å². The van der Waals surface area contributed by atoms with Gasteiger partial charge in [0.15, 0.2) is 0 Å². The van der Waals surface area contributed by atoms with Gasteiger partial charge >= 0.3 is 5.69 Å². The van der Waals surface area contributed by atoms with Gasteiger partial charge in [-0.3, -0.25) is 5.43 Å². The van der Waals surface area contributed by atoms with Gasteiger partial charge < -0.3 is 0 Å². The molecule has 1 aromatic heterocycles. The SMILES string of the molecule is CCNNc1nc(C)n(-c2c(Cl)cccc2Cl)c(=O)n1. The molecule has 2 rings (SSSR count). The molecule has 6 nitrogen and oxygen atoms in total. The Bertz CT molecular complexity index is 666. The van der Waals surface area contributed by atoms with Gasteiger partial charge in [-0.1, -0.05) is 36.2 Å². The molecule has 0 radical (unpaired) electrons. The van der Waals surface area contributed by atoms with Crippen LogP contribution in [-0.2, 0) is 0 Å². The average Bonchev–Trinajstić information content (AvgIpc) is 2.39. The molecule has 2 aromatic rings. The van der Waals surface area contributed by atoms with Crippen molar-refractivity contribution in [1.82, 2.24) is 20.0 Å². The van der Waals surface area contributed by atoms with Gasteiger partial charge in [-0.2, -0.15) is 9.97 Å². The molecule has 0 fully saturated rings. The molecule has 0 amide bonds. The van der Waals surface area contributed by atoms with Crippen molar-refractivity contribution in [2.75, 3.05) is 12.0 Å². The second-order valence-corrected chi connectivity index (χ2v) is 4.75. The van der Waals surface area contributed by atoms with Gasteiger partial charge in [-0.15, -0.1) is 0 Å². The van der Waals surface area contributed by atoms with E-state index in [-0.39, 0.29) is 5.95 Å². The van der Waals surface area contributed by atoms with Gasteiger partial charge in [0, 0.05) is 6.54 Å². The first-order chi connectivity index (χ1) is 9.54. The summed E-state index contributed by atoms with van der Waals surface area (Å²) >= 11 is 12.2. The first-order valence-corrected chi connectivity index (χ1v) is 6.71. The minimum atomic E-state index is -0.507. The number of halogens is 2. The van der Waals surface area contributed by atoms with Crippen molar-refractivity contribution in [2.45, 2.75) is 13.8 Å². The van der Waals surface area contributed by atoms with Gasteiger partial charge in [0.1, 0.15) is 5.82 Å². The normalized spacial score (nSPS) is 10.6. The van der Waals surface area contributed by atoms with Gasteiger partial charge in [0.2, 0.25) is 5.95 Å². The van der Waals surface area contributed by atoms with E-state index in [1.807, 2.05) is 6.92 Å². The maximum Gasteiger partial charge on any atom is 0.357 e. The maximum atomic E-state index is 12.2. The Morgan fingerprint density at radius 2 is 1.90 bits per heavy atom. The highest BCUT2D eigenvalue weighted by Gasteiger charge is 2.14. The Labute approximate surface area is 125 Å². The third kappa shape index (κ3) is 2.92. The largest absolute Gasteiger partial charge is 0.357 e. The predicted molar refractivity (Wildman–Crippen MR) is 79.7 cm³/mol. The van der Waals surface area contributed by atoms with Crippen LogP contribution >= 0.6 is 23.2 Å². The topological polar surface area (TPSA) is 71.8 Å². The first kappa shape index (κ1) is 14.8. The minimum Gasteiger partial charge on any atom is -0.289 e. The van der Waals surface area contributed by atoms with Crippen LogP contribution in [-0.4, -0.2) is 21.1 Å². The zero-order valence-corrected chi connectivity index (χ0v) is 12.5. The van der Waals surface area contributed by atoms with E-state index in [0.29, 0.717) is 28.1 Å². The number of hydrogen-bond donors (Lipinski definition) is 2. The number of benzene rings is 1. The lowest BCUT2D eigenvalue weighted by atomic mass is 10.3. The molecular formula is C12H13Cl2N5O. The molecule has 0 bridgehead atoms. The average molecular weight is 314 g/mol. The van der Waals surface area contributed by atoms with Gasteiger partial charge in [0.25, 0.3) is 0 Å². The van der Waals surface area contributed by atoms with Crippen LogP contribution in [0.2, 0.25) is 10.0 Å². The third-order valence-electron chi connectivity index (χ3n) is 2.52. The highest BCUT2D eigenvalue weighted by atomic mass is 35.5. The van der Waals surface area contributed by atoms with Crippen molar-refractivity contribution >= 4 is 29.2 Å². The fourth-order valence-corrected chi connectivity index (χ4v) is 2.26. The summed E-state index contributed by atoms with van der Waals surface area (Å²) < 4.78 is 1.28. The highest BCUT2D eigenvalue weighted by molar-refractivity contribution is 6.37. The lowest BCUT2D eigenvalue weighted by molar-refractivity contribution is 0.772. The molecule has 0 saturated carbocycles. The van der Waals surface area contributed by atoms with Gasteiger partial charge in [0.05, 0.1) is 15.7 Å². The monoisotopic (exact) mass is 313 g/mol. The summed E-state index contributed by atoms with van der Waals surface area (Å²) in [6, 6.07) is 5.01. The number of aromatic nitrogens is 3. The van der Waals surface area contributed by atoms with Crippen molar-refractivity contribution < 1.29 is 0 Å². The summed E-state index contributed by atoms with van der Waals surface area (Å²) in [5, 5.41) is 0.720. The minimum absolute atomic E-state index is 0.203. The van der Waals surface area contributed by atoms with E-state index < -0.39 is 5.69 Å². The second kappa shape index (κ2) is 6.21. The summed E-state index contributed by atoms with van der Waals surface area (Å²) in [6.45, 7) is 4.26.